The van der Waals surface area contributed by atoms with Crippen LogP contribution in [0.3, 0.4) is 0 Å². The monoisotopic (exact) mass is 439 g/mol. The average Bonchev–Trinajstić information content (AvgIpc) is 3.43. The highest BCUT2D eigenvalue weighted by molar-refractivity contribution is 6.08. The third-order valence-corrected chi connectivity index (χ3v) is 6.37. The van der Waals surface area contributed by atoms with Gasteiger partial charge in [-0.1, -0.05) is 35.9 Å². The Morgan fingerprint density at radius 2 is 1.67 bits per heavy atom. The van der Waals surface area contributed by atoms with Crippen molar-refractivity contribution in [1.29, 1.82) is 0 Å². The number of fused-ring (bicyclic) bond motifs is 1. The molecule has 0 radical (unpaired) electrons. The van der Waals surface area contributed by atoms with Gasteiger partial charge in [0, 0.05) is 42.1 Å². The first kappa shape index (κ1) is 20.9. The molecule has 1 saturated heterocycles. The first-order valence-corrected chi connectivity index (χ1v) is 11.2. The van der Waals surface area contributed by atoms with Crippen LogP contribution in [-0.2, 0) is 16.0 Å². The van der Waals surface area contributed by atoms with Crippen LogP contribution in [0.5, 0.6) is 0 Å². The number of nitrogens with zero attached hydrogens (tertiary/aromatic N) is 2. The summed E-state index contributed by atoms with van der Waals surface area (Å²) in [6, 6.07) is 22.6. The number of hydrogen-bond donors (Lipinski definition) is 1. The van der Waals surface area contributed by atoms with Gasteiger partial charge in [0.1, 0.15) is 0 Å². The highest BCUT2D eigenvalue weighted by atomic mass is 16.2. The fourth-order valence-corrected chi connectivity index (χ4v) is 4.50. The van der Waals surface area contributed by atoms with E-state index < -0.39 is 5.92 Å². The standard InChI is InChI=1S/C27H25N3O3/c1-18-6-12-23(13-7-18)30-17-21(16-25(30)31)26(32)28-22-10-8-20(9-11-22)27(33)29-15-14-19-4-2-3-5-24(19)29/h2-13,21H,14-17H2,1H3,(H,28,32). The maximum Gasteiger partial charge on any atom is 0.258 e. The zero-order chi connectivity index (χ0) is 22.9. The Labute approximate surface area is 192 Å². The normalized spacial score (nSPS) is 17.2. The molecule has 6 heteroatoms. The number of rotatable bonds is 4. The minimum atomic E-state index is -0.416. The Kier molecular flexibility index (Phi) is 5.42. The fourth-order valence-electron chi connectivity index (χ4n) is 4.50. The van der Waals surface area contributed by atoms with Gasteiger partial charge in [-0.05, 0) is 61.4 Å². The number of hydrogen-bond acceptors (Lipinski definition) is 3. The number of anilines is 3. The Morgan fingerprint density at radius 1 is 0.939 bits per heavy atom. The Hall–Kier alpha value is -3.93. The van der Waals surface area contributed by atoms with Gasteiger partial charge >= 0.3 is 0 Å². The predicted molar refractivity (Wildman–Crippen MR) is 129 cm³/mol. The highest BCUT2D eigenvalue weighted by Crippen LogP contribution is 2.29. The Bertz CT molecular complexity index is 1220. The van der Waals surface area contributed by atoms with E-state index in [0.717, 1.165) is 23.4 Å². The molecule has 0 bridgehead atoms. The van der Waals surface area contributed by atoms with Crippen LogP contribution < -0.4 is 15.1 Å². The van der Waals surface area contributed by atoms with Crippen LogP contribution in [0.15, 0.2) is 72.8 Å². The Morgan fingerprint density at radius 3 is 2.42 bits per heavy atom. The van der Waals surface area contributed by atoms with Gasteiger partial charge in [-0.3, -0.25) is 14.4 Å². The second-order valence-corrected chi connectivity index (χ2v) is 8.64. The van der Waals surface area contributed by atoms with Crippen LogP contribution in [0, 0.1) is 12.8 Å². The van der Waals surface area contributed by atoms with Gasteiger partial charge in [0.15, 0.2) is 0 Å². The first-order valence-electron chi connectivity index (χ1n) is 11.2. The largest absolute Gasteiger partial charge is 0.326 e. The van der Waals surface area contributed by atoms with Crippen molar-refractivity contribution < 1.29 is 14.4 Å². The summed E-state index contributed by atoms with van der Waals surface area (Å²) in [5.41, 5.74) is 5.26. The molecule has 33 heavy (non-hydrogen) atoms. The molecular weight excluding hydrogens is 414 g/mol. The second-order valence-electron chi connectivity index (χ2n) is 8.64. The smallest absolute Gasteiger partial charge is 0.258 e. The minimum absolute atomic E-state index is 0.0482. The fraction of sp³-hybridized carbons (Fsp3) is 0.222. The maximum atomic E-state index is 13.0. The van der Waals surface area contributed by atoms with Gasteiger partial charge in [-0.15, -0.1) is 0 Å². The van der Waals surface area contributed by atoms with E-state index in [2.05, 4.69) is 11.4 Å². The van der Waals surface area contributed by atoms with Crippen molar-refractivity contribution >= 4 is 34.8 Å². The number of carbonyl (C=O) groups excluding carboxylic acids is 3. The van der Waals surface area contributed by atoms with E-state index in [-0.39, 0.29) is 24.1 Å². The molecule has 166 valence electrons. The lowest BCUT2D eigenvalue weighted by Crippen LogP contribution is -2.29. The van der Waals surface area contributed by atoms with Crippen molar-refractivity contribution in [2.75, 3.05) is 28.2 Å². The third-order valence-electron chi connectivity index (χ3n) is 6.37. The van der Waals surface area contributed by atoms with E-state index in [1.165, 1.54) is 5.56 Å². The summed E-state index contributed by atoms with van der Waals surface area (Å²) in [6.07, 6.45) is 1.04. The van der Waals surface area contributed by atoms with Crippen molar-refractivity contribution in [3.63, 3.8) is 0 Å². The molecule has 0 saturated carbocycles. The van der Waals surface area contributed by atoms with Gasteiger partial charge < -0.3 is 15.1 Å². The Balaban J connectivity index is 1.22. The molecule has 6 nitrogen and oxygen atoms in total. The van der Waals surface area contributed by atoms with Crippen LogP contribution in [0.25, 0.3) is 0 Å². The number of amides is 3. The lowest BCUT2D eigenvalue weighted by Gasteiger charge is -2.18. The summed E-state index contributed by atoms with van der Waals surface area (Å²) >= 11 is 0. The van der Waals surface area contributed by atoms with Crippen LogP contribution in [0.4, 0.5) is 17.1 Å². The highest BCUT2D eigenvalue weighted by Gasteiger charge is 2.35. The predicted octanol–water partition coefficient (Wildman–Crippen LogP) is 4.19. The van der Waals surface area contributed by atoms with Crippen LogP contribution in [0.1, 0.15) is 27.9 Å². The van der Waals surface area contributed by atoms with Crippen molar-refractivity contribution in [3.05, 3.63) is 89.5 Å². The molecule has 2 heterocycles. The zero-order valence-electron chi connectivity index (χ0n) is 18.5. The summed E-state index contributed by atoms with van der Waals surface area (Å²) in [5.74, 6) is -0.703. The van der Waals surface area contributed by atoms with E-state index in [9.17, 15) is 14.4 Å². The van der Waals surface area contributed by atoms with Gasteiger partial charge in [0.05, 0.1) is 5.92 Å². The topological polar surface area (TPSA) is 69.7 Å². The third kappa shape index (κ3) is 4.12. The summed E-state index contributed by atoms with van der Waals surface area (Å²) in [5, 5.41) is 2.89. The SMILES string of the molecule is Cc1ccc(N2CC(C(=O)Nc3ccc(C(=O)N4CCc5ccccc54)cc3)CC2=O)cc1. The van der Waals surface area contributed by atoms with Gasteiger partial charge in [-0.25, -0.2) is 0 Å². The zero-order valence-corrected chi connectivity index (χ0v) is 18.5. The summed E-state index contributed by atoms with van der Waals surface area (Å²) in [7, 11) is 0. The summed E-state index contributed by atoms with van der Waals surface area (Å²) in [6.45, 7) is 3.03. The molecule has 1 N–H and O–H groups in total. The lowest BCUT2D eigenvalue weighted by atomic mass is 10.1. The maximum absolute atomic E-state index is 13.0. The molecule has 3 aromatic carbocycles. The number of carbonyl (C=O) groups is 3. The van der Waals surface area contributed by atoms with Crippen molar-refractivity contribution in [1.82, 2.24) is 0 Å². The van der Waals surface area contributed by atoms with Crippen molar-refractivity contribution in [3.8, 4) is 0 Å². The number of aryl methyl sites for hydroxylation is 1. The van der Waals surface area contributed by atoms with E-state index in [0.29, 0.717) is 24.3 Å². The number of para-hydroxylation sites is 1. The van der Waals surface area contributed by atoms with Crippen molar-refractivity contribution in [2.45, 2.75) is 19.8 Å². The first-order chi connectivity index (χ1) is 16.0. The van der Waals surface area contributed by atoms with Crippen molar-refractivity contribution in [2.24, 2.45) is 5.92 Å². The molecular formula is C27H25N3O3. The molecule has 1 fully saturated rings. The molecule has 2 aliphatic rings. The molecule has 0 aromatic heterocycles. The summed E-state index contributed by atoms with van der Waals surface area (Å²) < 4.78 is 0. The molecule has 2 aliphatic heterocycles. The van der Waals surface area contributed by atoms with Gasteiger partial charge in [0.2, 0.25) is 11.8 Å². The molecule has 0 spiro atoms. The van der Waals surface area contributed by atoms with E-state index in [1.54, 1.807) is 34.1 Å². The molecule has 3 aromatic rings. The molecule has 5 rings (SSSR count). The number of benzene rings is 3. The molecule has 1 atom stereocenters. The second kappa shape index (κ2) is 8.54. The molecule has 0 aliphatic carbocycles. The summed E-state index contributed by atoms with van der Waals surface area (Å²) in [4.78, 5) is 41.7. The van der Waals surface area contributed by atoms with Crippen LogP contribution >= 0.6 is 0 Å². The molecule has 1 unspecified atom stereocenters. The van der Waals surface area contributed by atoms with E-state index in [1.807, 2.05) is 49.4 Å². The average molecular weight is 440 g/mol. The van der Waals surface area contributed by atoms with Crippen LogP contribution in [0.2, 0.25) is 0 Å². The minimum Gasteiger partial charge on any atom is -0.326 e. The van der Waals surface area contributed by atoms with E-state index >= 15 is 0 Å². The van der Waals surface area contributed by atoms with Gasteiger partial charge in [0.25, 0.3) is 5.91 Å². The van der Waals surface area contributed by atoms with E-state index in [4.69, 9.17) is 0 Å². The quantitative estimate of drug-likeness (QED) is 0.663. The van der Waals surface area contributed by atoms with Gasteiger partial charge in [-0.2, -0.15) is 0 Å². The number of nitrogens with one attached hydrogen (secondary N) is 1. The van der Waals surface area contributed by atoms with Crippen LogP contribution in [-0.4, -0.2) is 30.8 Å². The lowest BCUT2D eigenvalue weighted by molar-refractivity contribution is -0.122. The molecule has 3 amide bonds.